The Hall–Kier alpha value is -5.03. The fourth-order valence-electron chi connectivity index (χ4n) is 5.81. The predicted octanol–water partition coefficient (Wildman–Crippen LogP) is 4.26. The third-order valence-electron chi connectivity index (χ3n) is 8.14. The largest absolute Gasteiger partial charge is 0.478 e. The highest BCUT2D eigenvalue weighted by molar-refractivity contribution is 6.30. The first-order valence-corrected chi connectivity index (χ1v) is 13.7. The molecule has 0 atom stereocenters. The van der Waals surface area contributed by atoms with Gasteiger partial charge in [0, 0.05) is 37.6 Å². The number of carbonyl (C=O) groups is 3. The van der Waals surface area contributed by atoms with Crippen molar-refractivity contribution in [3.05, 3.63) is 95.8 Å². The molecule has 0 bridgehead atoms. The molecule has 0 radical (unpaired) electrons. The van der Waals surface area contributed by atoms with Gasteiger partial charge in [-0.15, -0.1) is 0 Å². The number of hydrogen-bond donors (Lipinski definition) is 1. The number of carbonyl (C=O) groups excluding carboxylic acids is 2. The minimum Gasteiger partial charge on any atom is -0.478 e. The number of carboxylic acid groups (broad SMARTS) is 1. The Bertz CT molecular complexity index is 1670. The van der Waals surface area contributed by atoms with Crippen LogP contribution in [0.4, 0.5) is 16.3 Å². The number of aromatic nitrogens is 4. The Balaban J connectivity index is 1.29. The van der Waals surface area contributed by atoms with E-state index in [9.17, 15) is 19.5 Å². The molecular formula is C31H29N7O4. The summed E-state index contributed by atoms with van der Waals surface area (Å²) in [4.78, 5) is 61.9. The van der Waals surface area contributed by atoms with Crippen LogP contribution in [0.15, 0.2) is 73.4 Å². The summed E-state index contributed by atoms with van der Waals surface area (Å²) in [6, 6.07) is 13.4. The van der Waals surface area contributed by atoms with Gasteiger partial charge in [0.25, 0.3) is 5.91 Å². The fourth-order valence-corrected chi connectivity index (χ4v) is 5.81. The molecule has 11 heteroatoms. The van der Waals surface area contributed by atoms with Crippen LogP contribution in [0.25, 0.3) is 11.3 Å². The number of carboxylic acids is 1. The number of piperidine rings is 1. The van der Waals surface area contributed by atoms with Crippen molar-refractivity contribution in [1.29, 1.82) is 0 Å². The second-order valence-corrected chi connectivity index (χ2v) is 10.6. The van der Waals surface area contributed by atoms with Gasteiger partial charge >= 0.3 is 12.0 Å². The molecule has 0 aliphatic carbocycles. The Morgan fingerprint density at radius 3 is 2.40 bits per heavy atom. The van der Waals surface area contributed by atoms with Gasteiger partial charge in [-0.1, -0.05) is 12.1 Å². The first-order valence-electron chi connectivity index (χ1n) is 13.7. The zero-order valence-corrected chi connectivity index (χ0v) is 23.3. The molecule has 3 amide bonds. The average Bonchev–Trinajstić information content (AvgIpc) is 3.21. The first kappa shape index (κ1) is 27.2. The number of amides is 3. The van der Waals surface area contributed by atoms with Gasteiger partial charge < -0.3 is 5.11 Å². The molecule has 3 aromatic heterocycles. The summed E-state index contributed by atoms with van der Waals surface area (Å²) in [7, 11) is 0. The highest BCUT2D eigenvalue weighted by Gasteiger charge is 2.59. The van der Waals surface area contributed by atoms with Crippen molar-refractivity contribution in [3.63, 3.8) is 0 Å². The van der Waals surface area contributed by atoms with Crippen LogP contribution in [-0.2, 0) is 11.3 Å². The molecule has 0 saturated carbocycles. The summed E-state index contributed by atoms with van der Waals surface area (Å²) < 4.78 is 0. The summed E-state index contributed by atoms with van der Waals surface area (Å²) in [5, 5.41) is 9.28. The number of pyridine rings is 2. The predicted molar refractivity (Wildman–Crippen MR) is 155 cm³/mol. The smallest absolute Gasteiger partial charge is 0.338 e. The van der Waals surface area contributed by atoms with Crippen molar-refractivity contribution in [2.24, 2.45) is 0 Å². The third-order valence-corrected chi connectivity index (χ3v) is 8.14. The summed E-state index contributed by atoms with van der Waals surface area (Å²) >= 11 is 0. The second kappa shape index (κ2) is 10.7. The van der Waals surface area contributed by atoms with E-state index in [2.05, 4.69) is 24.8 Å². The molecule has 212 valence electrons. The van der Waals surface area contributed by atoms with Crippen LogP contribution < -0.4 is 9.80 Å². The zero-order chi connectivity index (χ0) is 29.4. The molecule has 1 aromatic carbocycles. The number of aryl methyl sites for hydroxylation is 2. The van der Waals surface area contributed by atoms with E-state index in [-0.39, 0.29) is 11.5 Å². The number of aromatic carboxylic acids is 1. The van der Waals surface area contributed by atoms with E-state index >= 15 is 0 Å². The van der Waals surface area contributed by atoms with Crippen LogP contribution in [0, 0.1) is 13.8 Å². The number of anilines is 2. The van der Waals surface area contributed by atoms with E-state index in [4.69, 9.17) is 0 Å². The summed E-state index contributed by atoms with van der Waals surface area (Å²) in [5.41, 5.74) is 3.69. The molecular weight excluding hydrogens is 534 g/mol. The highest BCUT2D eigenvalue weighted by atomic mass is 16.4. The van der Waals surface area contributed by atoms with Crippen LogP contribution in [0.1, 0.15) is 40.0 Å². The number of benzene rings is 1. The third kappa shape index (κ3) is 4.67. The molecule has 2 saturated heterocycles. The van der Waals surface area contributed by atoms with E-state index in [1.165, 1.54) is 28.4 Å². The number of nitrogens with zero attached hydrogens (tertiary/aromatic N) is 7. The number of rotatable bonds is 6. The SMILES string of the molecule is Cc1cc(C(=O)O)ccc1-c1ccc(N2C(=O)N(c3ccncn3)C3(CCN(Cc4ncccc4C)CC3)C2=O)cn1. The van der Waals surface area contributed by atoms with Crippen LogP contribution in [0.3, 0.4) is 0 Å². The molecule has 11 nitrogen and oxygen atoms in total. The molecule has 0 unspecified atom stereocenters. The van der Waals surface area contributed by atoms with Gasteiger partial charge in [-0.25, -0.2) is 24.5 Å². The number of hydrogen-bond acceptors (Lipinski definition) is 8. The molecule has 4 aromatic rings. The molecule has 1 N–H and O–H groups in total. The summed E-state index contributed by atoms with van der Waals surface area (Å²) in [5.74, 6) is -0.936. The van der Waals surface area contributed by atoms with Gasteiger partial charge in [0.1, 0.15) is 17.7 Å². The number of urea groups is 1. The molecule has 2 aliphatic heterocycles. The van der Waals surface area contributed by atoms with Crippen molar-refractivity contribution in [1.82, 2.24) is 24.8 Å². The van der Waals surface area contributed by atoms with E-state index in [0.717, 1.165) is 22.4 Å². The second-order valence-electron chi connectivity index (χ2n) is 10.6. The van der Waals surface area contributed by atoms with E-state index in [1.54, 1.807) is 42.7 Å². The standard InChI is InChI=1S/C31H29N7O4/c1-20-4-3-12-33-26(20)18-36-14-10-31(11-15-36)29(41)37(30(42)38(31)27-9-13-32-19-35-27)23-6-8-25(34-17-23)24-7-5-22(28(39)40)16-21(24)2/h3-9,12-13,16-17,19H,10-11,14-15,18H2,1-2H3,(H,39,40). The van der Waals surface area contributed by atoms with Gasteiger partial charge in [-0.2, -0.15) is 0 Å². The van der Waals surface area contributed by atoms with Gasteiger partial charge in [0.15, 0.2) is 0 Å². The van der Waals surface area contributed by atoms with Crippen molar-refractivity contribution in [3.8, 4) is 11.3 Å². The van der Waals surface area contributed by atoms with E-state index < -0.39 is 17.5 Å². The normalized spacial score (nSPS) is 16.8. The van der Waals surface area contributed by atoms with Crippen molar-refractivity contribution in [2.75, 3.05) is 22.9 Å². The zero-order valence-electron chi connectivity index (χ0n) is 23.3. The molecule has 42 heavy (non-hydrogen) atoms. The summed E-state index contributed by atoms with van der Waals surface area (Å²) in [6.07, 6.45) is 7.09. The van der Waals surface area contributed by atoms with Crippen molar-refractivity contribution >= 4 is 29.4 Å². The Labute approximate surface area is 242 Å². The average molecular weight is 564 g/mol. The minimum absolute atomic E-state index is 0.192. The Kier molecular flexibility index (Phi) is 6.95. The molecule has 6 rings (SSSR count). The van der Waals surface area contributed by atoms with Crippen LogP contribution in [0.2, 0.25) is 0 Å². The van der Waals surface area contributed by atoms with Gasteiger partial charge in [-0.3, -0.25) is 24.6 Å². The molecule has 5 heterocycles. The lowest BCUT2D eigenvalue weighted by Gasteiger charge is -2.41. The highest BCUT2D eigenvalue weighted by Crippen LogP contribution is 2.42. The van der Waals surface area contributed by atoms with Gasteiger partial charge in [-0.05, 0) is 74.2 Å². The van der Waals surface area contributed by atoms with Crippen molar-refractivity contribution in [2.45, 2.75) is 38.8 Å². The maximum atomic E-state index is 14.2. The van der Waals surface area contributed by atoms with Crippen LogP contribution in [-0.4, -0.2) is 66.5 Å². The minimum atomic E-state index is -1.09. The Morgan fingerprint density at radius 1 is 0.952 bits per heavy atom. The van der Waals surface area contributed by atoms with Crippen LogP contribution in [0.5, 0.6) is 0 Å². The lowest BCUT2D eigenvalue weighted by Crippen LogP contribution is -2.57. The first-order chi connectivity index (χ1) is 20.3. The Morgan fingerprint density at radius 2 is 1.76 bits per heavy atom. The molecule has 1 spiro atoms. The van der Waals surface area contributed by atoms with E-state index in [1.807, 2.05) is 26.0 Å². The quantitative estimate of drug-likeness (QED) is 0.342. The molecule has 2 fully saturated rings. The number of likely N-dealkylation sites (tertiary alicyclic amines) is 1. The van der Waals surface area contributed by atoms with Gasteiger partial charge in [0.05, 0.1) is 28.8 Å². The summed E-state index contributed by atoms with van der Waals surface area (Å²) in [6.45, 7) is 5.73. The maximum absolute atomic E-state index is 14.2. The topological polar surface area (TPSA) is 133 Å². The van der Waals surface area contributed by atoms with Crippen LogP contribution >= 0.6 is 0 Å². The fraction of sp³-hybridized carbons (Fsp3) is 0.258. The monoisotopic (exact) mass is 563 g/mol. The molecule has 2 aliphatic rings. The van der Waals surface area contributed by atoms with E-state index in [0.29, 0.717) is 49.7 Å². The number of imide groups is 1. The lowest BCUT2D eigenvalue weighted by molar-refractivity contribution is -0.123. The lowest BCUT2D eigenvalue weighted by atomic mass is 9.85. The van der Waals surface area contributed by atoms with Gasteiger partial charge in [0.2, 0.25) is 0 Å². The van der Waals surface area contributed by atoms with Crippen molar-refractivity contribution < 1.29 is 19.5 Å². The maximum Gasteiger partial charge on any atom is 0.338 e.